The molecule has 0 aromatic carbocycles. The Morgan fingerprint density at radius 1 is 1.30 bits per heavy atom. The van der Waals surface area contributed by atoms with E-state index in [-0.39, 0.29) is 19.6 Å². The third-order valence-electron chi connectivity index (χ3n) is 3.15. The summed E-state index contributed by atoms with van der Waals surface area (Å²) in [7, 11) is -3.75. The van der Waals surface area contributed by atoms with Gasteiger partial charge in [-0.25, -0.2) is 9.52 Å². The van der Waals surface area contributed by atoms with E-state index in [2.05, 4.69) is 10.0 Å². The zero-order chi connectivity index (χ0) is 17.7. The third-order valence-corrected chi connectivity index (χ3v) is 4.73. The molecule has 0 spiro atoms. The van der Waals surface area contributed by atoms with Crippen molar-refractivity contribution >= 4 is 22.3 Å². The molecule has 1 aliphatic heterocycles. The predicted molar refractivity (Wildman–Crippen MR) is 83.1 cm³/mol. The number of aliphatic carboxylic acids is 1. The van der Waals surface area contributed by atoms with Crippen LogP contribution in [-0.4, -0.2) is 61.7 Å². The van der Waals surface area contributed by atoms with Crippen molar-refractivity contribution in [1.29, 1.82) is 0 Å². The van der Waals surface area contributed by atoms with E-state index in [4.69, 9.17) is 9.84 Å². The predicted octanol–water partition coefficient (Wildman–Crippen LogP) is 0.142. The third kappa shape index (κ3) is 7.14. The van der Waals surface area contributed by atoms with Gasteiger partial charge in [-0.2, -0.15) is 12.7 Å². The molecule has 9 nitrogen and oxygen atoms in total. The van der Waals surface area contributed by atoms with Crippen molar-refractivity contribution in [2.45, 2.75) is 39.2 Å². The first-order valence-electron chi connectivity index (χ1n) is 7.45. The molecule has 1 unspecified atom stereocenters. The Kier molecular flexibility index (Phi) is 6.78. The van der Waals surface area contributed by atoms with Gasteiger partial charge in [0.25, 0.3) is 10.2 Å². The molecule has 0 radical (unpaired) electrons. The number of carbonyl (C=O) groups is 2. The number of hydrogen-bond acceptors (Lipinski definition) is 5. The van der Waals surface area contributed by atoms with Gasteiger partial charge in [0, 0.05) is 26.2 Å². The molecule has 0 aromatic heterocycles. The zero-order valence-corrected chi connectivity index (χ0v) is 14.5. The molecule has 10 heteroatoms. The second-order valence-electron chi connectivity index (χ2n) is 6.36. The lowest BCUT2D eigenvalue weighted by Gasteiger charge is -2.29. The molecule has 134 valence electrons. The van der Waals surface area contributed by atoms with Gasteiger partial charge in [0.15, 0.2) is 0 Å². The van der Waals surface area contributed by atoms with E-state index in [9.17, 15) is 18.0 Å². The smallest absolute Gasteiger partial charge is 0.407 e. The van der Waals surface area contributed by atoms with Gasteiger partial charge in [0.05, 0.1) is 5.92 Å². The van der Waals surface area contributed by atoms with Crippen LogP contribution in [0.3, 0.4) is 0 Å². The van der Waals surface area contributed by atoms with E-state index in [0.717, 1.165) is 4.31 Å². The Labute approximate surface area is 136 Å². The first kappa shape index (κ1) is 19.7. The first-order valence-corrected chi connectivity index (χ1v) is 8.89. The molecular weight excluding hydrogens is 326 g/mol. The highest BCUT2D eigenvalue weighted by Gasteiger charge is 2.31. The number of hydrogen-bond donors (Lipinski definition) is 3. The summed E-state index contributed by atoms with van der Waals surface area (Å²) < 4.78 is 32.7. The minimum absolute atomic E-state index is 0.00415. The average Bonchev–Trinajstić information content (AvgIpc) is 2.42. The maximum absolute atomic E-state index is 12.1. The van der Waals surface area contributed by atoms with Gasteiger partial charge in [-0.1, -0.05) is 0 Å². The van der Waals surface area contributed by atoms with Crippen LogP contribution >= 0.6 is 0 Å². The molecule has 1 fully saturated rings. The van der Waals surface area contributed by atoms with Gasteiger partial charge in [0.2, 0.25) is 0 Å². The van der Waals surface area contributed by atoms with Crippen LogP contribution in [0.5, 0.6) is 0 Å². The van der Waals surface area contributed by atoms with Crippen LogP contribution in [0.1, 0.15) is 33.6 Å². The summed E-state index contributed by atoms with van der Waals surface area (Å²) in [6, 6.07) is 0. The molecule has 23 heavy (non-hydrogen) atoms. The van der Waals surface area contributed by atoms with Crippen molar-refractivity contribution in [1.82, 2.24) is 14.3 Å². The Morgan fingerprint density at radius 3 is 2.52 bits per heavy atom. The topological polar surface area (TPSA) is 125 Å². The van der Waals surface area contributed by atoms with Crippen molar-refractivity contribution in [2.75, 3.05) is 26.2 Å². The molecule has 3 N–H and O–H groups in total. The van der Waals surface area contributed by atoms with E-state index in [1.165, 1.54) is 0 Å². The Balaban J connectivity index is 2.38. The molecular formula is C13H25N3O6S. The highest BCUT2D eigenvalue weighted by molar-refractivity contribution is 7.87. The van der Waals surface area contributed by atoms with Crippen molar-refractivity contribution < 1.29 is 27.9 Å². The van der Waals surface area contributed by atoms with E-state index in [0.29, 0.717) is 19.4 Å². The number of carboxylic acids is 1. The van der Waals surface area contributed by atoms with Gasteiger partial charge in [0.1, 0.15) is 5.60 Å². The minimum Gasteiger partial charge on any atom is -0.481 e. The van der Waals surface area contributed by atoms with Gasteiger partial charge in [-0.05, 0) is 33.6 Å². The highest BCUT2D eigenvalue weighted by Crippen LogP contribution is 2.18. The van der Waals surface area contributed by atoms with Crippen LogP contribution in [0.4, 0.5) is 4.79 Å². The van der Waals surface area contributed by atoms with E-state index in [1.807, 2.05) is 0 Å². The van der Waals surface area contributed by atoms with Gasteiger partial charge >= 0.3 is 12.1 Å². The normalized spacial score (nSPS) is 20.0. The fourth-order valence-corrected chi connectivity index (χ4v) is 3.40. The maximum atomic E-state index is 12.1. The number of ether oxygens (including phenoxy) is 1. The summed E-state index contributed by atoms with van der Waals surface area (Å²) >= 11 is 0. The van der Waals surface area contributed by atoms with Crippen LogP contribution in [-0.2, 0) is 19.7 Å². The van der Waals surface area contributed by atoms with Crippen LogP contribution in [0.25, 0.3) is 0 Å². The van der Waals surface area contributed by atoms with Gasteiger partial charge in [-0.15, -0.1) is 0 Å². The molecule has 0 aromatic rings. The van der Waals surface area contributed by atoms with E-state index < -0.39 is 33.8 Å². The van der Waals surface area contributed by atoms with E-state index >= 15 is 0 Å². The molecule has 0 aliphatic carbocycles. The summed E-state index contributed by atoms with van der Waals surface area (Å²) in [4.78, 5) is 22.4. The monoisotopic (exact) mass is 351 g/mol. The van der Waals surface area contributed by atoms with Crippen molar-refractivity contribution in [3.05, 3.63) is 0 Å². The lowest BCUT2D eigenvalue weighted by atomic mass is 10.0. The number of nitrogens with one attached hydrogen (secondary N) is 2. The molecule has 1 amide bonds. The molecule has 1 heterocycles. The quantitative estimate of drug-likeness (QED) is 0.585. The molecule has 1 rings (SSSR count). The number of nitrogens with zero attached hydrogens (tertiary/aromatic N) is 1. The van der Waals surface area contributed by atoms with Crippen LogP contribution < -0.4 is 10.0 Å². The number of carboxylic acid groups (broad SMARTS) is 1. The zero-order valence-electron chi connectivity index (χ0n) is 13.7. The largest absolute Gasteiger partial charge is 0.481 e. The Bertz CT molecular complexity index is 528. The molecule has 0 saturated carbocycles. The number of alkyl carbamates (subject to hydrolysis) is 1. The number of amides is 1. The van der Waals surface area contributed by atoms with Gasteiger partial charge < -0.3 is 15.2 Å². The second kappa shape index (κ2) is 7.93. The molecule has 1 aliphatic rings. The highest BCUT2D eigenvalue weighted by atomic mass is 32.2. The lowest BCUT2D eigenvalue weighted by molar-refractivity contribution is -0.142. The molecule has 1 saturated heterocycles. The van der Waals surface area contributed by atoms with Crippen molar-refractivity contribution in [3.8, 4) is 0 Å². The van der Waals surface area contributed by atoms with Crippen molar-refractivity contribution in [2.24, 2.45) is 5.92 Å². The van der Waals surface area contributed by atoms with Gasteiger partial charge in [-0.3, -0.25) is 4.79 Å². The van der Waals surface area contributed by atoms with Crippen molar-refractivity contribution in [3.63, 3.8) is 0 Å². The van der Waals surface area contributed by atoms with E-state index in [1.54, 1.807) is 20.8 Å². The molecule has 0 bridgehead atoms. The standard InChI is InChI=1S/C13H25N3O6S/c1-13(2,3)22-12(19)14-6-7-15-23(20,21)16-8-4-5-10(9-16)11(17)18/h10,15H,4-9H2,1-3H3,(H,14,19)(H,17,18). The molecule has 1 atom stereocenters. The second-order valence-corrected chi connectivity index (χ2v) is 8.12. The first-order chi connectivity index (χ1) is 10.5. The summed E-state index contributed by atoms with van der Waals surface area (Å²) in [6.45, 7) is 5.50. The lowest BCUT2D eigenvalue weighted by Crippen LogP contribution is -2.48. The number of rotatable bonds is 6. The number of carbonyl (C=O) groups excluding carboxylic acids is 1. The summed E-state index contributed by atoms with van der Waals surface area (Å²) in [5.41, 5.74) is -0.622. The van der Waals surface area contributed by atoms with Crippen LogP contribution in [0, 0.1) is 5.92 Å². The fourth-order valence-electron chi connectivity index (χ4n) is 2.11. The fraction of sp³-hybridized carbons (Fsp3) is 0.846. The number of piperidine rings is 1. The average molecular weight is 351 g/mol. The summed E-state index contributed by atoms with van der Waals surface area (Å²) in [6.07, 6.45) is 0.357. The summed E-state index contributed by atoms with van der Waals surface area (Å²) in [5.74, 6) is -1.67. The van der Waals surface area contributed by atoms with Crippen LogP contribution in [0.15, 0.2) is 0 Å². The Hall–Kier alpha value is -1.39. The summed E-state index contributed by atoms with van der Waals surface area (Å²) in [5, 5.41) is 11.4. The maximum Gasteiger partial charge on any atom is 0.407 e. The SMILES string of the molecule is CC(C)(C)OC(=O)NCCNS(=O)(=O)N1CCCC(C(=O)O)C1. The minimum atomic E-state index is -3.75. The van der Waals surface area contributed by atoms with Crippen LogP contribution in [0.2, 0.25) is 0 Å². The Morgan fingerprint density at radius 2 is 1.96 bits per heavy atom.